The van der Waals surface area contributed by atoms with Gasteiger partial charge < -0.3 is 11.1 Å². The Labute approximate surface area is 107 Å². The van der Waals surface area contributed by atoms with E-state index in [4.69, 9.17) is 5.73 Å². The number of benzene rings is 1. The van der Waals surface area contributed by atoms with Crippen LogP contribution in [0.4, 0.5) is 4.39 Å². The summed E-state index contributed by atoms with van der Waals surface area (Å²) in [6, 6.07) is 5.77. The minimum Gasteiger partial charge on any atom is -0.348 e. The predicted octanol–water partition coefficient (Wildman–Crippen LogP) is 2.13. The van der Waals surface area contributed by atoms with Gasteiger partial charge in [0.05, 0.1) is 12.1 Å². The number of nitrogens with two attached hydrogens (primary N) is 1. The van der Waals surface area contributed by atoms with Crippen LogP contribution in [0.3, 0.4) is 0 Å². The molecule has 1 aliphatic carbocycles. The van der Waals surface area contributed by atoms with E-state index in [2.05, 4.69) is 5.32 Å². The molecular weight excluding hydrogens is 231 g/mol. The average Bonchev–Trinajstić information content (AvgIpc) is 2.26. The summed E-state index contributed by atoms with van der Waals surface area (Å²) in [6.07, 6.45) is 3.39. The van der Waals surface area contributed by atoms with Crippen LogP contribution in [-0.4, -0.2) is 11.9 Å². The van der Waals surface area contributed by atoms with Crippen molar-refractivity contribution in [3.8, 4) is 0 Å². The van der Waals surface area contributed by atoms with Crippen LogP contribution in [-0.2, 0) is 4.79 Å². The molecule has 1 saturated carbocycles. The molecule has 0 spiro atoms. The lowest BCUT2D eigenvalue weighted by Gasteiger charge is -2.35. The van der Waals surface area contributed by atoms with Crippen molar-refractivity contribution in [3.05, 3.63) is 35.6 Å². The maximum atomic E-state index is 12.9. The summed E-state index contributed by atoms with van der Waals surface area (Å²) < 4.78 is 12.9. The van der Waals surface area contributed by atoms with Crippen LogP contribution in [0.1, 0.15) is 37.8 Å². The second kappa shape index (κ2) is 5.48. The van der Waals surface area contributed by atoms with Crippen LogP contribution in [0.5, 0.6) is 0 Å². The van der Waals surface area contributed by atoms with Crippen molar-refractivity contribution >= 4 is 5.91 Å². The van der Waals surface area contributed by atoms with E-state index < -0.39 is 6.04 Å². The van der Waals surface area contributed by atoms with Crippen molar-refractivity contribution in [1.82, 2.24) is 5.32 Å². The Kier molecular flexibility index (Phi) is 3.97. The Hall–Kier alpha value is -1.42. The molecule has 1 unspecified atom stereocenters. The highest BCUT2D eigenvalue weighted by Crippen LogP contribution is 2.37. The second-order valence-electron chi connectivity index (χ2n) is 5.02. The van der Waals surface area contributed by atoms with Crippen LogP contribution in [0.2, 0.25) is 0 Å². The molecule has 0 aromatic heterocycles. The van der Waals surface area contributed by atoms with E-state index in [-0.39, 0.29) is 17.8 Å². The molecule has 0 bridgehead atoms. The second-order valence-corrected chi connectivity index (χ2v) is 5.02. The van der Waals surface area contributed by atoms with Crippen molar-refractivity contribution in [1.29, 1.82) is 0 Å². The lowest BCUT2D eigenvalue weighted by atomic mass is 9.77. The lowest BCUT2D eigenvalue weighted by Crippen LogP contribution is -2.43. The SMILES string of the molecule is C[C@@H](N)C(=O)NC(c1ccc(F)cc1)C1CCC1. The topological polar surface area (TPSA) is 55.1 Å². The molecule has 0 saturated heterocycles. The summed E-state index contributed by atoms with van der Waals surface area (Å²) in [5.74, 6) is 0.0269. The number of nitrogens with one attached hydrogen (secondary N) is 1. The van der Waals surface area contributed by atoms with E-state index >= 15 is 0 Å². The van der Waals surface area contributed by atoms with Gasteiger partial charge in [0.25, 0.3) is 0 Å². The number of hydrogen-bond donors (Lipinski definition) is 2. The minimum atomic E-state index is -0.520. The standard InChI is InChI=1S/C14H19FN2O/c1-9(16)14(18)17-13(10-3-2-4-10)11-5-7-12(15)8-6-11/h5-10,13H,2-4,16H2,1H3,(H,17,18)/t9-,13?/m1/s1. The zero-order chi connectivity index (χ0) is 13.1. The molecule has 2 rings (SSSR count). The highest BCUT2D eigenvalue weighted by Gasteiger charge is 2.30. The van der Waals surface area contributed by atoms with Crippen LogP contribution in [0, 0.1) is 11.7 Å². The molecule has 98 valence electrons. The first kappa shape index (κ1) is 13.0. The van der Waals surface area contributed by atoms with E-state index in [0.717, 1.165) is 18.4 Å². The Morgan fingerprint density at radius 3 is 2.44 bits per heavy atom. The van der Waals surface area contributed by atoms with Crippen LogP contribution >= 0.6 is 0 Å². The summed E-state index contributed by atoms with van der Waals surface area (Å²) in [5, 5.41) is 2.97. The molecule has 0 radical (unpaired) electrons. The van der Waals surface area contributed by atoms with E-state index in [1.54, 1.807) is 19.1 Å². The van der Waals surface area contributed by atoms with Gasteiger partial charge in [0, 0.05) is 0 Å². The van der Waals surface area contributed by atoms with Gasteiger partial charge in [0.15, 0.2) is 0 Å². The summed E-state index contributed by atoms with van der Waals surface area (Å²) in [4.78, 5) is 11.7. The maximum Gasteiger partial charge on any atom is 0.237 e. The van der Waals surface area contributed by atoms with Gasteiger partial charge in [-0.25, -0.2) is 4.39 Å². The monoisotopic (exact) mass is 250 g/mol. The molecule has 1 aliphatic rings. The quantitative estimate of drug-likeness (QED) is 0.860. The molecule has 1 fully saturated rings. The van der Waals surface area contributed by atoms with Gasteiger partial charge in [-0.05, 0) is 43.4 Å². The minimum absolute atomic E-state index is 0.0437. The van der Waals surface area contributed by atoms with Gasteiger partial charge in [0.2, 0.25) is 5.91 Å². The summed E-state index contributed by atoms with van der Waals surface area (Å²) in [7, 11) is 0. The molecular formula is C14H19FN2O. The van der Waals surface area contributed by atoms with Crippen molar-refractivity contribution in [2.45, 2.75) is 38.3 Å². The Morgan fingerprint density at radius 1 is 1.39 bits per heavy atom. The third-order valence-electron chi connectivity index (χ3n) is 3.56. The Morgan fingerprint density at radius 2 is 2.00 bits per heavy atom. The van der Waals surface area contributed by atoms with Crippen LogP contribution in [0.15, 0.2) is 24.3 Å². The van der Waals surface area contributed by atoms with Crippen LogP contribution < -0.4 is 11.1 Å². The van der Waals surface area contributed by atoms with Crippen LogP contribution in [0.25, 0.3) is 0 Å². The molecule has 3 N–H and O–H groups in total. The lowest BCUT2D eigenvalue weighted by molar-refractivity contribution is -0.123. The highest BCUT2D eigenvalue weighted by molar-refractivity contribution is 5.81. The number of rotatable bonds is 4. The van der Waals surface area contributed by atoms with Crippen molar-refractivity contribution in [2.24, 2.45) is 11.7 Å². The van der Waals surface area contributed by atoms with Crippen molar-refractivity contribution in [3.63, 3.8) is 0 Å². The number of carbonyl (C=O) groups is 1. The Bertz CT molecular complexity index is 412. The normalized spacial score (nSPS) is 18.8. The molecule has 1 amide bonds. The fourth-order valence-corrected chi connectivity index (χ4v) is 2.20. The van der Waals surface area contributed by atoms with Gasteiger partial charge in [-0.1, -0.05) is 18.6 Å². The van der Waals surface area contributed by atoms with Gasteiger partial charge >= 0.3 is 0 Å². The third kappa shape index (κ3) is 2.88. The fourth-order valence-electron chi connectivity index (χ4n) is 2.20. The van der Waals surface area contributed by atoms with E-state index in [0.29, 0.717) is 5.92 Å². The van der Waals surface area contributed by atoms with E-state index in [1.807, 2.05) is 0 Å². The number of carbonyl (C=O) groups excluding carboxylic acids is 1. The predicted molar refractivity (Wildman–Crippen MR) is 68.3 cm³/mol. The number of halogens is 1. The first-order valence-corrected chi connectivity index (χ1v) is 6.39. The number of hydrogen-bond acceptors (Lipinski definition) is 2. The van der Waals surface area contributed by atoms with E-state index in [1.165, 1.54) is 18.6 Å². The molecule has 0 aliphatic heterocycles. The summed E-state index contributed by atoms with van der Waals surface area (Å²) in [6.45, 7) is 1.66. The molecule has 1 aromatic rings. The highest BCUT2D eigenvalue weighted by atomic mass is 19.1. The molecule has 18 heavy (non-hydrogen) atoms. The smallest absolute Gasteiger partial charge is 0.237 e. The van der Waals surface area contributed by atoms with Gasteiger partial charge in [-0.15, -0.1) is 0 Å². The zero-order valence-corrected chi connectivity index (χ0v) is 10.5. The maximum absolute atomic E-state index is 12.9. The molecule has 2 atom stereocenters. The first-order valence-electron chi connectivity index (χ1n) is 6.39. The molecule has 3 nitrogen and oxygen atoms in total. The summed E-state index contributed by atoms with van der Waals surface area (Å²) in [5.41, 5.74) is 6.53. The molecule has 0 heterocycles. The number of amides is 1. The van der Waals surface area contributed by atoms with Gasteiger partial charge in [-0.3, -0.25) is 4.79 Å². The first-order chi connectivity index (χ1) is 8.58. The molecule has 4 heteroatoms. The van der Waals surface area contributed by atoms with Crippen molar-refractivity contribution in [2.75, 3.05) is 0 Å². The Balaban J connectivity index is 2.14. The van der Waals surface area contributed by atoms with Crippen molar-refractivity contribution < 1.29 is 9.18 Å². The summed E-state index contributed by atoms with van der Waals surface area (Å²) >= 11 is 0. The zero-order valence-electron chi connectivity index (χ0n) is 10.5. The van der Waals surface area contributed by atoms with Gasteiger partial charge in [-0.2, -0.15) is 0 Å². The molecule has 1 aromatic carbocycles. The largest absolute Gasteiger partial charge is 0.348 e. The fraction of sp³-hybridized carbons (Fsp3) is 0.500. The third-order valence-corrected chi connectivity index (χ3v) is 3.56. The van der Waals surface area contributed by atoms with Gasteiger partial charge in [0.1, 0.15) is 5.82 Å². The average molecular weight is 250 g/mol. The van der Waals surface area contributed by atoms with E-state index in [9.17, 15) is 9.18 Å².